The fraction of sp³-hybridized carbons (Fsp3) is 0.625. The summed E-state index contributed by atoms with van der Waals surface area (Å²) in [5.41, 5.74) is 0.889. The van der Waals surface area contributed by atoms with Gasteiger partial charge in [0, 0.05) is 17.7 Å². The van der Waals surface area contributed by atoms with E-state index >= 15 is 0 Å². The summed E-state index contributed by atoms with van der Waals surface area (Å²) in [4.78, 5) is 8.67. The highest BCUT2D eigenvalue weighted by Crippen LogP contribution is 2.42. The average Bonchev–Trinajstić information content (AvgIpc) is 3.36. The number of aromatic nitrogens is 5. The highest BCUT2D eigenvalue weighted by molar-refractivity contribution is 7.99. The second-order valence-electron chi connectivity index (χ2n) is 6.40. The van der Waals surface area contributed by atoms with Crippen molar-refractivity contribution in [2.75, 3.05) is 20.2 Å². The quantitative estimate of drug-likeness (QED) is 0.833. The molecule has 0 aromatic carbocycles. The molecule has 1 aliphatic carbocycles. The smallest absolute Gasteiger partial charge is 0.317 e. The lowest BCUT2D eigenvalue weighted by Crippen LogP contribution is -2.28. The highest BCUT2D eigenvalue weighted by Gasteiger charge is 2.33. The number of aryl methyl sites for hydroxylation is 1. The van der Waals surface area contributed by atoms with Crippen molar-refractivity contribution in [3.05, 3.63) is 17.6 Å². The van der Waals surface area contributed by atoms with E-state index in [-0.39, 0.29) is 0 Å². The van der Waals surface area contributed by atoms with Crippen LogP contribution in [0.25, 0.3) is 0 Å². The SMILES string of the molecule is COc1nc(C)cc(Sc2nnc(C3CCNCC3)n2C2CC2)n1. The zero-order valence-corrected chi connectivity index (χ0v) is 14.8. The molecule has 0 amide bonds. The van der Waals surface area contributed by atoms with E-state index in [0.717, 1.165) is 47.6 Å². The Balaban J connectivity index is 1.63. The Bertz CT molecular complexity index is 723. The summed E-state index contributed by atoms with van der Waals surface area (Å²) in [5, 5.41) is 14.2. The van der Waals surface area contributed by atoms with Crippen LogP contribution in [0.3, 0.4) is 0 Å². The molecule has 0 atom stereocenters. The van der Waals surface area contributed by atoms with Gasteiger partial charge < -0.3 is 14.6 Å². The van der Waals surface area contributed by atoms with Gasteiger partial charge in [0.15, 0.2) is 5.16 Å². The minimum Gasteiger partial charge on any atom is -0.467 e. The molecule has 0 bridgehead atoms. The zero-order valence-electron chi connectivity index (χ0n) is 14.0. The lowest BCUT2D eigenvalue weighted by Gasteiger charge is -2.22. The summed E-state index contributed by atoms with van der Waals surface area (Å²) in [6, 6.07) is 2.91. The van der Waals surface area contributed by atoms with Gasteiger partial charge in [-0.15, -0.1) is 10.2 Å². The number of ether oxygens (including phenoxy) is 1. The third-order valence-corrected chi connectivity index (χ3v) is 5.38. The monoisotopic (exact) mass is 346 g/mol. The minimum atomic E-state index is 0.397. The van der Waals surface area contributed by atoms with Crippen molar-refractivity contribution in [2.45, 2.75) is 54.7 Å². The van der Waals surface area contributed by atoms with Crippen molar-refractivity contribution < 1.29 is 4.74 Å². The Morgan fingerprint density at radius 2 is 1.96 bits per heavy atom. The van der Waals surface area contributed by atoms with E-state index in [0.29, 0.717) is 18.0 Å². The van der Waals surface area contributed by atoms with Crippen LogP contribution in [0, 0.1) is 6.92 Å². The summed E-state index contributed by atoms with van der Waals surface area (Å²) < 4.78 is 7.53. The van der Waals surface area contributed by atoms with Crippen LogP contribution in [-0.4, -0.2) is 44.9 Å². The van der Waals surface area contributed by atoms with E-state index in [2.05, 4.69) is 30.0 Å². The first-order valence-electron chi connectivity index (χ1n) is 8.47. The van der Waals surface area contributed by atoms with Crippen molar-refractivity contribution in [3.8, 4) is 6.01 Å². The van der Waals surface area contributed by atoms with Crippen LogP contribution in [0.15, 0.2) is 16.2 Å². The van der Waals surface area contributed by atoms with Crippen molar-refractivity contribution in [1.82, 2.24) is 30.0 Å². The molecule has 0 radical (unpaired) electrons. The third kappa shape index (κ3) is 3.25. The number of hydrogen-bond donors (Lipinski definition) is 1. The maximum Gasteiger partial charge on any atom is 0.317 e. The van der Waals surface area contributed by atoms with Gasteiger partial charge in [0.2, 0.25) is 0 Å². The molecule has 1 saturated heterocycles. The molecule has 3 heterocycles. The Labute approximate surface area is 145 Å². The molecular formula is C16H22N6OS. The number of piperidine rings is 1. The zero-order chi connectivity index (χ0) is 16.5. The first-order valence-corrected chi connectivity index (χ1v) is 9.29. The maximum atomic E-state index is 5.18. The largest absolute Gasteiger partial charge is 0.467 e. The van der Waals surface area contributed by atoms with Crippen LogP contribution >= 0.6 is 11.8 Å². The molecule has 0 unspecified atom stereocenters. The number of methoxy groups -OCH3 is 1. The molecule has 1 saturated carbocycles. The number of nitrogens with zero attached hydrogens (tertiary/aromatic N) is 5. The summed E-state index contributed by atoms with van der Waals surface area (Å²) in [7, 11) is 1.59. The molecule has 24 heavy (non-hydrogen) atoms. The lowest BCUT2D eigenvalue weighted by molar-refractivity contribution is 0.374. The summed E-state index contributed by atoms with van der Waals surface area (Å²) >= 11 is 1.55. The third-order valence-electron chi connectivity index (χ3n) is 4.50. The van der Waals surface area contributed by atoms with Gasteiger partial charge in [-0.1, -0.05) is 0 Å². The highest BCUT2D eigenvalue weighted by atomic mass is 32.2. The van der Waals surface area contributed by atoms with Crippen molar-refractivity contribution in [3.63, 3.8) is 0 Å². The lowest BCUT2D eigenvalue weighted by atomic mass is 9.97. The first kappa shape index (κ1) is 15.8. The summed E-state index contributed by atoms with van der Waals surface area (Å²) in [6.07, 6.45) is 4.71. The van der Waals surface area contributed by atoms with Crippen LogP contribution in [-0.2, 0) is 0 Å². The molecule has 1 N–H and O–H groups in total. The van der Waals surface area contributed by atoms with Gasteiger partial charge in [0.25, 0.3) is 0 Å². The van der Waals surface area contributed by atoms with Gasteiger partial charge in [0.05, 0.1) is 7.11 Å². The molecule has 1 aliphatic heterocycles. The summed E-state index contributed by atoms with van der Waals surface area (Å²) in [6.45, 7) is 4.07. The van der Waals surface area contributed by atoms with Gasteiger partial charge >= 0.3 is 6.01 Å². The Hall–Kier alpha value is -1.67. The van der Waals surface area contributed by atoms with E-state index in [9.17, 15) is 0 Å². The van der Waals surface area contributed by atoms with E-state index in [1.807, 2.05) is 13.0 Å². The molecule has 2 fully saturated rings. The number of nitrogens with one attached hydrogen (secondary N) is 1. The van der Waals surface area contributed by atoms with Gasteiger partial charge in [0.1, 0.15) is 10.9 Å². The van der Waals surface area contributed by atoms with Gasteiger partial charge in [-0.2, -0.15) is 4.98 Å². The van der Waals surface area contributed by atoms with Crippen LogP contribution < -0.4 is 10.1 Å². The number of hydrogen-bond acceptors (Lipinski definition) is 7. The topological polar surface area (TPSA) is 77.8 Å². The Morgan fingerprint density at radius 3 is 2.67 bits per heavy atom. The van der Waals surface area contributed by atoms with Gasteiger partial charge in [-0.3, -0.25) is 0 Å². The Morgan fingerprint density at radius 1 is 1.17 bits per heavy atom. The van der Waals surface area contributed by atoms with Crippen LogP contribution in [0.1, 0.15) is 49.2 Å². The van der Waals surface area contributed by atoms with Gasteiger partial charge in [-0.25, -0.2) is 4.98 Å². The molecule has 2 aliphatic rings. The standard InChI is InChI=1S/C16H22N6OS/c1-10-9-13(19-15(18-10)23-2)24-16-21-20-14(22(16)12-3-4-12)11-5-7-17-8-6-11/h9,11-12,17H,3-8H2,1-2H3. The Kier molecular flexibility index (Phi) is 4.41. The number of rotatable bonds is 5. The molecule has 128 valence electrons. The predicted octanol–water partition coefficient (Wildman–Crippen LogP) is 2.34. The molecule has 8 heteroatoms. The second-order valence-corrected chi connectivity index (χ2v) is 7.39. The normalized spacial score (nSPS) is 18.8. The van der Waals surface area contributed by atoms with E-state index in [1.165, 1.54) is 12.8 Å². The van der Waals surface area contributed by atoms with Crippen molar-refractivity contribution in [2.24, 2.45) is 0 Å². The average molecular weight is 346 g/mol. The first-order chi connectivity index (χ1) is 11.7. The van der Waals surface area contributed by atoms with Crippen molar-refractivity contribution >= 4 is 11.8 Å². The second kappa shape index (κ2) is 6.68. The molecule has 7 nitrogen and oxygen atoms in total. The van der Waals surface area contributed by atoms with Gasteiger partial charge in [-0.05, 0) is 63.5 Å². The van der Waals surface area contributed by atoms with E-state index in [1.54, 1.807) is 18.9 Å². The fourth-order valence-electron chi connectivity index (χ4n) is 3.14. The molecular weight excluding hydrogens is 324 g/mol. The molecule has 2 aromatic rings. The summed E-state index contributed by atoms with van der Waals surface area (Å²) in [5.74, 6) is 1.66. The minimum absolute atomic E-state index is 0.397. The van der Waals surface area contributed by atoms with Crippen LogP contribution in [0.2, 0.25) is 0 Å². The fourth-order valence-corrected chi connectivity index (χ4v) is 4.11. The van der Waals surface area contributed by atoms with E-state index in [4.69, 9.17) is 4.74 Å². The van der Waals surface area contributed by atoms with E-state index < -0.39 is 0 Å². The van der Waals surface area contributed by atoms with Crippen LogP contribution in [0.5, 0.6) is 6.01 Å². The maximum absolute atomic E-state index is 5.18. The van der Waals surface area contributed by atoms with Crippen molar-refractivity contribution in [1.29, 1.82) is 0 Å². The van der Waals surface area contributed by atoms with Crippen LogP contribution in [0.4, 0.5) is 0 Å². The molecule has 0 spiro atoms. The molecule has 4 rings (SSSR count). The predicted molar refractivity (Wildman–Crippen MR) is 90.6 cm³/mol. The molecule has 2 aromatic heterocycles.